The SMILES string of the molecule is CC(C)(C)c1ccnc(NC(=O)N(Cl)c2ccccc2)c1. The second-order valence-electron chi connectivity index (χ2n) is 5.73. The number of para-hydroxylation sites is 1. The molecule has 21 heavy (non-hydrogen) atoms. The van der Waals surface area contributed by atoms with Crippen molar-refractivity contribution in [3.05, 3.63) is 54.2 Å². The molecule has 4 nitrogen and oxygen atoms in total. The predicted octanol–water partition coefficient (Wildman–Crippen LogP) is 4.57. The molecule has 0 saturated carbocycles. The molecule has 2 amide bonds. The van der Waals surface area contributed by atoms with Crippen LogP contribution in [-0.4, -0.2) is 11.0 Å². The maximum atomic E-state index is 12.1. The number of nitrogens with one attached hydrogen (secondary N) is 1. The van der Waals surface area contributed by atoms with Crippen LogP contribution in [0.4, 0.5) is 16.3 Å². The number of rotatable bonds is 2. The Kier molecular flexibility index (Phi) is 4.48. The lowest BCUT2D eigenvalue weighted by Gasteiger charge is -2.20. The molecule has 5 heteroatoms. The highest BCUT2D eigenvalue weighted by Gasteiger charge is 2.17. The van der Waals surface area contributed by atoms with E-state index in [0.717, 1.165) is 9.98 Å². The number of carbonyl (C=O) groups is 1. The van der Waals surface area contributed by atoms with Crippen LogP contribution >= 0.6 is 11.8 Å². The number of urea groups is 1. The molecule has 1 aromatic carbocycles. The molecule has 0 fully saturated rings. The zero-order valence-corrected chi connectivity index (χ0v) is 13.1. The van der Waals surface area contributed by atoms with Crippen LogP contribution in [0.3, 0.4) is 0 Å². The summed E-state index contributed by atoms with van der Waals surface area (Å²) >= 11 is 6.03. The lowest BCUT2D eigenvalue weighted by molar-refractivity contribution is 0.260. The topological polar surface area (TPSA) is 45.2 Å². The van der Waals surface area contributed by atoms with Crippen molar-refractivity contribution in [1.29, 1.82) is 0 Å². The van der Waals surface area contributed by atoms with Gasteiger partial charge in [-0.05, 0) is 35.2 Å². The average molecular weight is 304 g/mol. The van der Waals surface area contributed by atoms with Crippen molar-refractivity contribution in [3.8, 4) is 0 Å². The van der Waals surface area contributed by atoms with Gasteiger partial charge in [0.15, 0.2) is 0 Å². The van der Waals surface area contributed by atoms with Gasteiger partial charge in [0.2, 0.25) is 0 Å². The van der Waals surface area contributed by atoms with E-state index in [1.54, 1.807) is 18.3 Å². The molecule has 0 radical (unpaired) electrons. The van der Waals surface area contributed by atoms with Gasteiger partial charge in [0.05, 0.1) is 5.69 Å². The van der Waals surface area contributed by atoms with E-state index in [1.165, 1.54) is 0 Å². The quantitative estimate of drug-likeness (QED) is 0.826. The lowest BCUT2D eigenvalue weighted by atomic mass is 9.88. The highest BCUT2D eigenvalue weighted by molar-refractivity contribution is 6.37. The minimum atomic E-state index is -0.443. The largest absolute Gasteiger partial charge is 0.342 e. The summed E-state index contributed by atoms with van der Waals surface area (Å²) in [5.41, 5.74) is 1.68. The fourth-order valence-electron chi connectivity index (χ4n) is 1.80. The number of anilines is 2. The molecular formula is C16H18ClN3O. The van der Waals surface area contributed by atoms with Crippen LogP contribution in [-0.2, 0) is 5.41 Å². The van der Waals surface area contributed by atoms with Crippen molar-refractivity contribution >= 4 is 29.3 Å². The first kappa shape index (κ1) is 15.3. The number of hydrogen-bond acceptors (Lipinski definition) is 2. The third-order valence-corrected chi connectivity index (χ3v) is 3.37. The molecule has 0 spiro atoms. The Morgan fingerprint density at radius 1 is 1.19 bits per heavy atom. The van der Waals surface area contributed by atoms with E-state index in [1.807, 2.05) is 30.3 Å². The number of aromatic nitrogens is 1. The second-order valence-corrected chi connectivity index (χ2v) is 6.06. The molecule has 0 saturated heterocycles. The normalized spacial score (nSPS) is 11.0. The number of halogens is 1. The third-order valence-electron chi connectivity index (χ3n) is 3.02. The summed E-state index contributed by atoms with van der Waals surface area (Å²) in [5, 5.41) is 2.70. The zero-order valence-electron chi connectivity index (χ0n) is 12.3. The van der Waals surface area contributed by atoms with Crippen molar-refractivity contribution in [1.82, 2.24) is 4.98 Å². The Balaban J connectivity index is 2.13. The van der Waals surface area contributed by atoms with E-state index in [9.17, 15) is 4.79 Å². The van der Waals surface area contributed by atoms with Gasteiger partial charge in [0, 0.05) is 18.0 Å². The van der Waals surface area contributed by atoms with Gasteiger partial charge < -0.3 is 0 Å². The van der Waals surface area contributed by atoms with Crippen molar-refractivity contribution < 1.29 is 4.79 Å². The van der Waals surface area contributed by atoms with E-state index < -0.39 is 6.03 Å². The maximum Gasteiger partial charge on any atom is 0.342 e. The molecule has 110 valence electrons. The monoisotopic (exact) mass is 303 g/mol. The zero-order chi connectivity index (χ0) is 15.5. The molecule has 1 heterocycles. The van der Waals surface area contributed by atoms with Gasteiger partial charge >= 0.3 is 6.03 Å². The molecule has 0 aliphatic rings. The fraction of sp³-hybridized carbons (Fsp3) is 0.250. The Labute approximate surface area is 129 Å². The van der Waals surface area contributed by atoms with Crippen LogP contribution < -0.4 is 9.74 Å². The first-order chi connectivity index (χ1) is 9.88. The van der Waals surface area contributed by atoms with Crippen LogP contribution in [0, 0.1) is 0 Å². The van der Waals surface area contributed by atoms with E-state index >= 15 is 0 Å². The van der Waals surface area contributed by atoms with Gasteiger partial charge in [-0.3, -0.25) is 5.32 Å². The van der Waals surface area contributed by atoms with E-state index in [2.05, 4.69) is 31.1 Å². The summed E-state index contributed by atoms with van der Waals surface area (Å²) in [7, 11) is 0. The van der Waals surface area contributed by atoms with Crippen LogP contribution in [0.5, 0.6) is 0 Å². The van der Waals surface area contributed by atoms with Crippen molar-refractivity contribution in [3.63, 3.8) is 0 Å². The predicted molar refractivity (Wildman–Crippen MR) is 86.7 cm³/mol. The highest BCUT2D eigenvalue weighted by Crippen LogP contribution is 2.24. The average Bonchev–Trinajstić information content (AvgIpc) is 2.47. The maximum absolute atomic E-state index is 12.1. The number of nitrogens with zero attached hydrogens (tertiary/aromatic N) is 2. The van der Waals surface area contributed by atoms with Crippen molar-refractivity contribution in [2.45, 2.75) is 26.2 Å². The van der Waals surface area contributed by atoms with Crippen molar-refractivity contribution in [2.24, 2.45) is 0 Å². The first-order valence-corrected chi connectivity index (χ1v) is 7.00. The smallest absolute Gasteiger partial charge is 0.291 e. The molecule has 0 bridgehead atoms. The Morgan fingerprint density at radius 3 is 2.48 bits per heavy atom. The van der Waals surface area contributed by atoms with Gasteiger partial charge in [-0.25, -0.2) is 14.2 Å². The van der Waals surface area contributed by atoms with Gasteiger partial charge in [-0.2, -0.15) is 0 Å². The molecule has 1 N–H and O–H groups in total. The summed E-state index contributed by atoms with van der Waals surface area (Å²) in [6, 6.07) is 12.4. The summed E-state index contributed by atoms with van der Waals surface area (Å²) < 4.78 is 1.03. The molecule has 2 rings (SSSR count). The second kappa shape index (κ2) is 6.14. The van der Waals surface area contributed by atoms with Crippen LogP contribution in [0.15, 0.2) is 48.7 Å². The molecule has 0 aliphatic heterocycles. The highest BCUT2D eigenvalue weighted by atomic mass is 35.5. The standard InChI is InChI=1S/C16H18ClN3O/c1-16(2,3)12-9-10-18-14(11-12)19-15(21)20(17)13-7-5-4-6-8-13/h4-11H,1-3H3,(H,18,19,21). The Bertz CT molecular complexity index is 623. The number of pyridine rings is 1. The van der Waals surface area contributed by atoms with Gasteiger partial charge in [-0.15, -0.1) is 0 Å². The first-order valence-electron chi connectivity index (χ1n) is 6.66. The van der Waals surface area contributed by atoms with Gasteiger partial charge in [0.1, 0.15) is 5.82 Å². The van der Waals surface area contributed by atoms with Crippen LogP contribution in [0.1, 0.15) is 26.3 Å². The van der Waals surface area contributed by atoms with Gasteiger partial charge in [0.25, 0.3) is 0 Å². The van der Waals surface area contributed by atoms with Crippen LogP contribution in [0.2, 0.25) is 0 Å². The van der Waals surface area contributed by atoms with Crippen molar-refractivity contribution in [2.75, 3.05) is 9.74 Å². The lowest BCUT2D eigenvalue weighted by Crippen LogP contribution is -2.27. The molecule has 0 unspecified atom stereocenters. The number of benzene rings is 1. The summed E-state index contributed by atoms with van der Waals surface area (Å²) in [5.74, 6) is 0.481. The molecule has 1 aromatic heterocycles. The molecule has 2 aromatic rings. The summed E-state index contributed by atoms with van der Waals surface area (Å²) in [6.07, 6.45) is 1.68. The Hall–Kier alpha value is -2.07. The minimum Gasteiger partial charge on any atom is -0.291 e. The summed E-state index contributed by atoms with van der Waals surface area (Å²) in [6.45, 7) is 6.31. The van der Waals surface area contributed by atoms with E-state index in [4.69, 9.17) is 11.8 Å². The van der Waals surface area contributed by atoms with E-state index in [0.29, 0.717) is 11.5 Å². The summed E-state index contributed by atoms with van der Waals surface area (Å²) in [4.78, 5) is 16.3. The van der Waals surface area contributed by atoms with E-state index in [-0.39, 0.29) is 5.41 Å². The van der Waals surface area contributed by atoms with Gasteiger partial charge in [-0.1, -0.05) is 39.0 Å². The molecular weight excluding hydrogens is 286 g/mol. The Morgan fingerprint density at radius 2 is 1.86 bits per heavy atom. The third kappa shape index (κ3) is 3.95. The number of carbonyl (C=O) groups excluding carboxylic acids is 1. The number of amides is 2. The number of hydrogen-bond donors (Lipinski definition) is 1. The molecule has 0 atom stereocenters. The minimum absolute atomic E-state index is 0.0114. The van der Waals surface area contributed by atoms with Crippen LogP contribution in [0.25, 0.3) is 0 Å². The molecule has 0 aliphatic carbocycles. The fourth-order valence-corrected chi connectivity index (χ4v) is 1.96.